The van der Waals surface area contributed by atoms with Crippen LogP contribution in [0.1, 0.15) is 154 Å². The van der Waals surface area contributed by atoms with Crippen molar-refractivity contribution in [2.24, 2.45) is 0 Å². The summed E-state index contributed by atoms with van der Waals surface area (Å²) in [5.41, 5.74) is 29.7. The van der Waals surface area contributed by atoms with Crippen LogP contribution in [-0.4, -0.2) is 0 Å². The number of rotatable bonds is 5. The molecule has 0 spiro atoms. The van der Waals surface area contributed by atoms with E-state index in [9.17, 15) is 0 Å². The van der Waals surface area contributed by atoms with Gasteiger partial charge in [-0.25, -0.2) is 0 Å². The van der Waals surface area contributed by atoms with E-state index in [4.69, 9.17) is 0 Å². The van der Waals surface area contributed by atoms with Gasteiger partial charge in [0.2, 0.25) is 0 Å². The first-order chi connectivity index (χ1) is 36.7. The zero-order valence-electron chi connectivity index (χ0n) is 48.1. The molecule has 0 N–H and O–H groups in total. The summed E-state index contributed by atoms with van der Waals surface area (Å²) in [6.07, 6.45) is 6.52. The lowest BCUT2D eigenvalue weighted by molar-refractivity contribution is 0.444. The quantitative estimate of drug-likeness (QED) is 0.161. The molecule has 3 aliphatic rings. The molecule has 0 nitrogen and oxygen atoms in total. The lowest BCUT2D eigenvalue weighted by atomic mass is 9.75. The molecule has 10 aromatic carbocycles. The third-order valence-electron chi connectivity index (χ3n) is 18.2. The van der Waals surface area contributed by atoms with E-state index in [0.717, 1.165) is 0 Å². The summed E-state index contributed by atoms with van der Waals surface area (Å²) in [7, 11) is 0. The number of hydrogen-bond acceptors (Lipinski definition) is 0. The highest BCUT2D eigenvalue weighted by Gasteiger charge is 2.39. The van der Waals surface area contributed by atoms with E-state index in [1.165, 1.54) is 187 Å². The standard InChI is InChI=1S/C77H76/c1-45-37-62-68-59(70-64(47-27-19-15-20-28-47)58-34-33-49(46-25-17-14-18-26-46)42-61(58)65(72(62)70)48-29-21-16-22-30-48)35-36-60-69(68)63(45)73-67(51-40-54(76(8,9)10)44-55(41-51)77(11,12)13)57-32-24-23-31-56(57)66(71(60)73)50-38-52(74(2,3)4)43-53(39-50)75(5,6)7/h15-16,19-24,27-44,46H,14,17-18,25-26H2,1-13H3. The highest BCUT2D eigenvalue weighted by atomic mass is 14.4. The molecule has 0 amide bonds. The molecule has 384 valence electrons. The minimum Gasteiger partial charge on any atom is -0.0622 e. The second kappa shape index (κ2) is 17.5. The summed E-state index contributed by atoms with van der Waals surface area (Å²) in [4.78, 5) is 0. The van der Waals surface area contributed by atoms with Crippen molar-refractivity contribution >= 4 is 32.3 Å². The van der Waals surface area contributed by atoms with E-state index < -0.39 is 0 Å². The van der Waals surface area contributed by atoms with Gasteiger partial charge in [-0.05, 0) is 202 Å². The summed E-state index contributed by atoms with van der Waals surface area (Å²) in [5, 5.41) is 8.12. The highest BCUT2D eigenvalue weighted by Crippen LogP contribution is 2.65. The molecule has 0 bridgehead atoms. The van der Waals surface area contributed by atoms with Crippen LogP contribution in [0.25, 0.3) is 121 Å². The van der Waals surface area contributed by atoms with Gasteiger partial charge in [0.05, 0.1) is 0 Å². The van der Waals surface area contributed by atoms with E-state index in [2.05, 4.69) is 248 Å². The fourth-order valence-electron chi connectivity index (χ4n) is 14.0. The zero-order valence-corrected chi connectivity index (χ0v) is 48.1. The minimum atomic E-state index is -0.0491. The molecule has 0 unspecified atom stereocenters. The van der Waals surface area contributed by atoms with Gasteiger partial charge in [0.15, 0.2) is 0 Å². The average Bonchev–Trinajstić information content (AvgIpc) is 3.94. The molecule has 1 fully saturated rings. The van der Waals surface area contributed by atoms with E-state index in [-0.39, 0.29) is 21.7 Å². The molecule has 0 heterocycles. The van der Waals surface area contributed by atoms with Crippen LogP contribution in [0.5, 0.6) is 0 Å². The van der Waals surface area contributed by atoms with Crippen molar-refractivity contribution in [3.63, 3.8) is 0 Å². The van der Waals surface area contributed by atoms with Gasteiger partial charge >= 0.3 is 0 Å². The predicted molar refractivity (Wildman–Crippen MR) is 335 cm³/mol. The molecule has 1 saturated carbocycles. The first kappa shape index (κ1) is 49.5. The first-order valence-corrected chi connectivity index (χ1v) is 28.9. The van der Waals surface area contributed by atoms with Crippen molar-refractivity contribution in [3.05, 3.63) is 191 Å². The zero-order chi connectivity index (χ0) is 53.7. The Bertz CT molecular complexity index is 4000. The van der Waals surface area contributed by atoms with Crippen LogP contribution in [0.3, 0.4) is 0 Å². The Hall–Kier alpha value is -7.02. The summed E-state index contributed by atoms with van der Waals surface area (Å²) in [6, 6.07) is 62.6. The molecule has 0 saturated heterocycles. The largest absolute Gasteiger partial charge is 0.0622 e. The molecule has 0 atom stereocenters. The summed E-state index contributed by atoms with van der Waals surface area (Å²) in [5.74, 6) is 0.594. The van der Waals surface area contributed by atoms with Crippen LogP contribution >= 0.6 is 0 Å². The van der Waals surface area contributed by atoms with Crippen molar-refractivity contribution in [1.82, 2.24) is 0 Å². The molecule has 13 rings (SSSR count). The summed E-state index contributed by atoms with van der Waals surface area (Å²) in [6.45, 7) is 31.0. The number of benzene rings is 10. The van der Waals surface area contributed by atoms with E-state index in [1.54, 1.807) is 0 Å². The first-order valence-electron chi connectivity index (χ1n) is 28.9. The maximum Gasteiger partial charge on any atom is -0.000473 e. The van der Waals surface area contributed by atoms with Crippen molar-refractivity contribution in [1.29, 1.82) is 0 Å². The fourth-order valence-corrected chi connectivity index (χ4v) is 14.0. The Balaban J connectivity index is 1.22. The molecule has 0 radical (unpaired) electrons. The Labute approximate surface area is 459 Å². The van der Waals surface area contributed by atoms with Gasteiger partial charge in [-0.2, -0.15) is 0 Å². The fraction of sp³-hybridized carbons (Fsp3) is 0.299. The third kappa shape index (κ3) is 7.90. The Morgan fingerprint density at radius 2 is 0.701 bits per heavy atom. The topological polar surface area (TPSA) is 0 Å². The number of fused-ring (bicyclic) bond motifs is 8. The van der Waals surface area contributed by atoms with Crippen LogP contribution < -0.4 is 0 Å². The predicted octanol–water partition coefficient (Wildman–Crippen LogP) is 22.7. The molecular formula is C77H76. The number of hydrogen-bond donors (Lipinski definition) is 0. The van der Waals surface area contributed by atoms with Gasteiger partial charge in [0, 0.05) is 0 Å². The minimum absolute atomic E-state index is 0.0484. The third-order valence-corrected chi connectivity index (χ3v) is 18.2. The Kier molecular flexibility index (Phi) is 11.3. The molecule has 0 aromatic heterocycles. The number of aryl methyl sites for hydroxylation is 1. The SMILES string of the molecule is Cc1cc2c3c(ccc4c3c1-c1c-4c(-c3cc(C(C)(C)C)cc(C(C)(C)C)c3)c3ccccc3c1-c1cc(C(C)(C)C)cc(C(C)(C)C)c1)-c1c-2c(-c2ccccc2)c2cc(C3CCCCC3)ccc2c1-c1ccccc1. The lowest BCUT2D eigenvalue weighted by Gasteiger charge is -2.29. The highest BCUT2D eigenvalue weighted by molar-refractivity contribution is 6.36. The second-order valence-corrected chi connectivity index (χ2v) is 27.5. The van der Waals surface area contributed by atoms with Crippen molar-refractivity contribution in [2.45, 2.75) is 150 Å². The van der Waals surface area contributed by atoms with Gasteiger partial charge in [-0.1, -0.05) is 260 Å². The second-order valence-electron chi connectivity index (χ2n) is 27.5. The Morgan fingerprint density at radius 3 is 1.19 bits per heavy atom. The van der Waals surface area contributed by atoms with Crippen molar-refractivity contribution < 1.29 is 0 Å². The molecule has 0 heteroatoms. The van der Waals surface area contributed by atoms with E-state index >= 15 is 0 Å². The normalized spacial score (nSPS) is 14.5. The van der Waals surface area contributed by atoms with Crippen molar-refractivity contribution in [3.8, 4) is 89.0 Å². The smallest absolute Gasteiger partial charge is 0.000473 e. The molecule has 0 aliphatic heterocycles. The van der Waals surface area contributed by atoms with E-state index in [0.29, 0.717) is 5.92 Å². The lowest BCUT2D eigenvalue weighted by Crippen LogP contribution is -2.17. The molecular weight excluding hydrogens is 925 g/mol. The molecule has 77 heavy (non-hydrogen) atoms. The monoisotopic (exact) mass is 1000 g/mol. The summed E-state index contributed by atoms with van der Waals surface area (Å²) < 4.78 is 0. The van der Waals surface area contributed by atoms with Crippen LogP contribution in [-0.2, 0) is 21.7 Å². The van der Waals surface area contributed by atoms with Gasteiger partial charge in [-0.15, -0.1) is 0 Å². The summed E-state index contributed by atoms with van der Waals surface area (Å²) >= 11 is 0. The maximum absolute atomic E-state index is 2.63. The molecule has 3 aliphatic carbocycles. The maximum atomic E-state index is 2.63. The van der Waals surface area contributed by atoms with Crippen LogP contribution in [0.2, 0.25) is 0 Å². The average molecular weight is 1000 g/mol. The van der Waals surface area contributed by atoms with Crippen molar-refractivity contribution in [2.75, 3.05) is 0 Å². The van der Waals surface area contributed by atoms with Crippen LogP contribution in [0.15, 0.2) is 158 Å². The van der Waals surface area contributed by atoms with Gasteiger partial charge in [0.25, 0.3) is 0 Å². The van der Waals surface area contributed by atoms with Gasteiger partial charge < -0.3 is 0 Å². The van der Waals surface area contributed by atoms with Gasteiger partial charge in [-0.3, -0.25) is 0 Å². The van der Waals surface area contributed by atoms with Crippen LogP contribution in [0.4, 0.5) is 0 Å². The molecule has 10 aromatic rings. The van der Waals surface area contributed by atoms with E-state index in [1.807, 2.05) is 0 Å². The van der Waals surface area contributed by atoms with Crippen LogP contribution in [0, 0.1) is 6.92 Å². The van der Waals surface area contributed by atoms with Gasteiger partial charge in [0.1, 0.15) is 0 Å². The Morgan fingerprint density at radius 1 is 0.299 bits per heavy atom.